The van der Waals surface area contributed by atoms with Crippen molar-refractivity contribution in [3.63, 3.8) is 0 Å². The standard InChI is InChI=1S/C22H31N7O4/c1-15(2)24-19-18(29(31)32)14-23-20(26-19)25-16-6-8-17(9-7-16)27-10-12-28(13-11-27)21(30)33-22(3,4)5/h6-9,14-15H,10-13H2,1-5H3,(H2,23,24,25,26). The van der Waals surface area contributed by atoms with Crippen molar-refractivity contribution < 1.29 is 14.5 Å². The quantitative estimate of drug-likeness (QED) is 0.489. The molecule has 1 aliphatic heterocycles. The number of benzene rings is 1. The maximum absolute atomic E-state index is 12.2. The molecular formula is C22H31N7O4. The molecule has 33 heavy (non-hydrogen) atoms. The highest BCUT2D eigenvalue weighted by molar-refractivity contribution is 5.69. The smallest absolute Gasteiger partial charge is 0.410 e. The SMILES string of the molecule is CC(C)Nc1nc(Nc2ccc(N3CCN(C(=O)OC(C)(C)C)CC3)cc2)ncc1[N+](=O)[O-]. The number of aromatic nitrogens is 2. The van der Waals surface area contributed by atoms with Crippen LogP contribution in [0.5, 0.6) is 0 Å². The summed E-state index contributed by atoms with van der Waals surface area (Å²) in [5.74, 6) is 0.439. The van der Waals surface area contributed by atoms with Crippen LogP contribution in [0.4, 0.5) is 33.6 Å². The first-order valence-electron chi connectivity index (χ1n) is 10.9. The van der Waals surface area contributed by atoms with Crippen LogP contribution in [0.3, 0.4) is 0 Å². The van der Waals surface area contributed by atoms with E-state index in [1.165, 1.54) is 6.20 Å². The molecule has 1 fully saturated rings. The molecule has 0 bridgehead atoms. The van der Waals surface area contributed by atoms with Gasteiger partial charge < -0.3 is 25.2 Å². The molecule has 1 aliphatic rings. The van der Waals surface area contributed by atoms with E-state index >= 15 is 0 Å². The van der Waals surface area contributed by atoms with Crippen LogP contribution in [0.2, 0.25) is 0 Å². The Kier molecular flexibility index (Phi) is 7.19. The van der Waals surface area contributed by atoms with Crippen molar-refractivity contribution in [2.45, 2.75) is 46.3 Å². The number of nitro groups is 1. The van der Waals surface area contributed by atoms with E-state index in [0.717, 1.165) is 11.4 Å². The summed E-state index contributed by atoms with van der Waals surface area (Å²) in [5, 5.41) is 17.3. The first kappa shape index (κ1) is 24.0. The lowest BCUT2D eigenvalue weighted by Gasteiger charge is -2.36. The Labute approximate surface area is 193 Å². The minimum Gasteiger partial charge on any atom is -0.444 e. The maximum atomic E-state index is 12.2. The Bertz CT molecular complexity index is 981. The summed E-state index contributed by atoms with van der Waals surface area (Å²) >= 11 is 0. The van der Waals surface area contributed by atoms with Gasteiger partial charge in [-0.3, -0.25) is 10.1 Å². The second kappa shape index (κ2) is 9.88. The molecule has 0 radical (unpaired) electrons. The third kappa shape index (κ3) is 6.67. The second-order valence-corrected chi connectivity index (χ2v) is 9.11. The fourth-order valence-corrected chi connectivity index (χ4v) is 3.31. The molecule has 3 rings (SSSR count). The first-order valence-corrected chi connectivity index (χ1v) is 10.9. The van der Waals surface area contributed by atoms with E-state index < -0.39 is 10.5 Å². The number of carbonyl (C=O) groups is 1. The molecular weight excluding hydrogens is 426 g/mol. The highest BCUT2D eigenvalue weighted by Gasteiger charge is 2.26. The van der Waals surface area contributed by atoms with Crippen LogP contribution in [0.15, 0.2) is 30.5 Å². The van der Waals surface area contributed by atoms with Crippen molar-refractivity contribution in [1.82, 2.24) is 14.9 Å². The van der Waals surface area contributed by atoms with Crippen molar-refractivity contribution in [3.8, 4) is 0 Å². The van der Waals surface area contributed by atoms with E-state index in [0.29, 0.717) is 26.2 Å². The molecule has 178 valence electrons. The van der Waals surface area contributed by atoms with Crippen molar-refractivity contribution in [2.75, 3.05) is 41.7 Å². The minimum absolute atomic E-state index is 0.0125. The number of carbonyl (C=O) groups excluding carboxylic acids is 1. The van der Waals surface area contributed by atoms with Gasteiger partial charge in [0.2, 0.25) is 11.8 Å². The predicted octanol–water partition coefficient (Wildman–Crippen LogP) is 4.01. The molecule has 0 aliphatic carbocycles. The van der Waals surface area contributed by atoms with E-state index in [1.54, 1.807) is 4.90 Å². The van der Waals surface area contributed by atoms with E-state index in [1.807, 2.05) is 58.9 Å². The summed E-state index contributed by atoms with van der Waals surface area (Å²) in [6, 6.07) is 7.74. The van der Waals surface area contributed by atoms with Gasteiger partial charge >= 0.3 is 11.8 Å². The lowest BCUT2D eigenvalue weighted by Crippen LogP contribution is -2.50. The zero-order valence-corrected chi connectivity index (χ0v) is 19.7. The van der Waals surface area contributed by atoms with Gasteiger partial charge in [0.15, 0.2) is 0 Å². The Hall–Kier alpha value is -3.63. The summed E-state index contributed by atoms with van der Waals surface area (Å²) < 4.78 is 5.45. The normalized spacial score (nSPS) is 14.2. The monoisotopic (exact) mass is 457 g/mol. The van der Waals surface area contributed by atoms with Crippen molar-refractivity contribution >= 4 is 34.9 Å². The van der Waals surface area contributed by atoms with Crippen LogP contribution >= 0.6 is 0 Å². The van der Waals surface area contributed by atoms with Crippen molar-refractivity contribution in [3.05, 3.63) is 40.6 Å². The predicted molar refractivity (Wildman–Crippen MR) is 127 cm³/mol. The fourth-order valence-electron chi connectivity index (χ4n) is 3.31. The van der Waals surface area contributed by atoms with E-state index in [-0.39, 0.29) is 29.6 Å². The molecule has 2 aromatic rings. The lowest BCUT2D eigenvalue weighted by molar-refractivity contribution is -0.384. The molecule has 0 saturated carbocycles. The molecule has 2 heterocycles. The molecule has 1 saturated heterocycles. The van der Waals surface area contributed by atoms with Crippen LogP contribution in [0, 0.1) is 10.1 Å². The number of anilines is 4. The lowest BCUT2D eigenvalue weighted by atomic mass is 10.2. The van der Waals surface area contributed by atoms with Gasteiger partial charge in [0, 0.05) is 43.6 Å². The number of ether oxygens (including phenoxy) is 1. The molecule has 1 aromatic heterocycles. The average Bonchev–Trinajstić information content (AvgIpc) is 2.73. The van der Waals surface area contributed by atoms with Crippen LogP contribution in [0.25, 0.3) is 0 Å². The zero-order valence-electron chi connectivity index (χ0n) is 19.7. The number of rotatable bonds is 6. The van der Waals surface area contributed by atoms with E-state index in [2.05, 4.69) is 25.5 Å². The third-order valence-corrected chi connectivity index (χ3v) is 4.81. The Morgan fingerprint density at radius 2 is 1.79 bits per heavy atom. The molecule has 11 nitrogen and oxygen atoms in total. The molecule has 11 heteroatoms. The zero-order chi connectivity index (χ0) is 24.2. The van der Waals surface area contributed by atoms with Gasteiger partial charge in [-0.2, -0.15) is 4.98 Å². The Balaban J connectivity index is 1.61. The summed E-state index contributed by atoms with van der Waals surface area (Å²) in [6.07, 6.45) is 0.912. The molecule has 0 spiro atoms. The Morgan fingerprint density at radius 1 is 1.15 bits per heavy atom. The summed E-state index contributed by atoms with van der Waals surface area (Å²) in [5.41, 5.74) is 1.12. The number of nitrogens with zero attached hydrogens (tertiary/aromatic N) is 5. The highest BCUT2D eigenvalue weighted by Crippen LogP contribution is 2.25. The van der Waals surface area contributed by atoms with Gasteiger partial charge in [0.25, 0.3) is 0 Å². The van der Waals surface area contributed by atoms with Gasteiger partial charge in [-0.15, -0.1) is 0 Å². The van der Waals surface area contributed by atoms with Crippen LogP contribution in [-0.4, -0.2) is 63.7 Å². The fraction of sp³-hybridized carbons (Fsp3) is 0.500. The molecule has 1 amide bonds. The highest BCUT2D eigenvalue weighted by atomic mass is 16.6. The molecule has 2 N–H and O–H groups in total. The van der Waals surface area contributed by atoms with Crippen LogP contribution < -0.4 is 15.5 Å². The summed E-state index contributed by atoms with van der Waals surface area (Å²) in [4.78, 5) is 35.2. The van der Waals surface area contributed by atoms with Gasteiger partial charge in [0.05, 0.1) is 4.92 Å². The topological polar surface area (TPSA) is 126 Å². The third-order valence-electron chi connectivity index (χ3n) is 4.81. The molecule has 1 aromatic carbocycles. The minimum atomic E-state index is -0.508. The first-order chi connectivity index (χ1) is 15.5. The Morgan fingerprint density at radius 3 is 2.33 bits per heavy atom. The maximum Gasteiger partial charge on any atom is 0.410 e. The number of nitrogens with one attached hydrogen (secondary N) is 2. The number of hydrogen-bond donors (Lipinski definition) is 2. The molecule has 0 unspecified atom stereocenters. The van der Waals surface area contributed by atoms with Crippen molar-refractivity contribution in [2.24, 2.45) is 0 Å². The summed E-state index contributed by atoms with van der Waals surface area (Å²) in [7, 11) is 0. The van der Waals surface area contributed by atoms with Gasteiger partial charge in [-0.05, 0) is 58.9 Å². The van der Waals surface area contributed by atoms with Gasteiger partial charge in [-0.25, -0.2) is 9.78 Å². The molecule has 0 atom stereocenters. The average molecular weight is 458 g/mol. The van der Waals surface area contributed by atoms with Crippen LogP contribution in [0.1, 0.15) is 34.6 Å². The number of piperazine rings is 1. The number of amides is 1. The number of hydrogen-bond acceptors (Lipinski definition) is 9. The largest absolute Gasteiger partial charge is 0.444 e. The van der Waals surface area contributed by atoms with Gasteiger partial charge in [-0.1, -0.05) is 0 Å². The van der Waals surface area contributed by atoms with E-state index in [4.69, 9.17) is 4.74 Å². The van der Waals surface area contributed by atoms with Crippen LogP contribution in [-0.2, 0) is 4.74 Å². The van der Waals surface area contributed by atoms with Gasteiger partial charge in [0.1, 0.15) is 11.8 Å². The summed E-state index contributed by atoms with van der Waals surface area (Å²) in [6.45, 7) is 12.0. The second-order valence-electron chi connectivity index (χ2n) is 9.11. The van der Waals surface area contributed by atoms with Crippen molar-refractivity contribution in [1.29, 1.82) is 0 Å². The van der Waals surface area contributed by atoms with E-state index in [9.17, 15) is 14.9 Å².